The third-order valence-electron chi connectivity index (χ3n) is 5.74. The molecule has 0 amide bonds. The summed E-state index contributed by atoms with van der Waals surface area (Å²) in [4.78, 5) is 2.77. The molecule has 2 rings (SSSR count). The second-order valence-corrected chi connectivity index (χ2v) is 9.03. The lowest BCUT2D eigenvalue weighted by Crippen LogP contribution is -2.48. The first-order valence-corrected chi connectivity index (χ1v) is 9.34. The number of hydrogen-bond acceptors (Lipinski definition) is 2. The fraction of sp³-hybridized carbons (Fsp3) is 1.00. The molecule has 1 aliphatic carbocycles. The Balaban J connectivity index is 1.87. The predicted octanol–water partition coefficient (Wildman–Crippen LogP) is 4.30. The van der Waals surface area contributed by atoms with Gasteiger partial charge in [-0.25, -0.2) is 0 Å². The van der Waals surface area contributed by atoms with Crippen molar-refractivity contribution in [3.63, 3.8) is 0 Å². The molecule has 0 spiro atoms. The van der Waals surface area contributed by atoms with Crippen LogP contribution in [0.2, 0.25) is 0 Å². The van der Waals surface area contributed by atoms with Crippen LogP contribution in [0.5, 0.6) is 0 Å². The van der Waals surface area contributed by atoms with Gasteiger partial charge in [0.15, 0.2) is 0 Å². The molecule has 1 N–H and O–H groups in total. The number of piperidine rings is 1. The average Bonchev–Trinajstić information content (AvgIpc) is 2.42. The van der Waals surface area contributed by atoms with Crippen LogP contribution in [0.1, 0.15) is 72.6 Å². The van der Waals surface area contributed by atoms with Crippen molar-refractivity contribution in [1.82, 2.24) is 10.2 Å². The summed E-state index contributed by atoms with van der Waals surface area (Å²) < 4.78 is 0. The molecule has 2 fully saturated rings. The van der Waals surface area contributed by atoms with Gasteiger partial charge in [-0.05, 0) is 62.1 Å². The normalized spacial score (nSPS) is 26.1. The quantitative estimate of drug-likeness (QED) is 0.785. The first-order chi connectivity index (χ1) is 9.91. The molecule has 0 aromatic carbocycles. The Morgan fingerprint density at radius 1 is 0.952 bits per heavy atom. The molecule has 2 aliphatic rings. The van der Waals surface area contributed by atoms with Gasteiger partial charge < -0.3 is 10.2 Å². The Kier molecular flexibility index (Phi) is 6.14. The fourth-order valence-corrected chi connectivity index (χ4v) is 4.11. The average molecular weight is 295 g/mol. The van der Waals surface area contributed by atoms with E-state index in [1.807, 2.05) is 0 Å². The van der Waals surface area contributed by atoms with E-state index in [9.17, 15) is 0 Å². The highest BCUT2D eigenvalue weighted by atomic mass is 15.1. The molecular weight excluding hydrogens is 256 g/mol. The maximum atomic E-state index is 3.77. The van der Waals surface area contributed by atoms with Gasteiger partial charge >= 0.3 is 0 Å². The molecule has 2 nitrogen and oxygen atoms in total. The summed E-state index contributed by atoms with van der Waals surface area (Å²) in [7, 11) is 0. The van der Waals surface area contributed by atoms with Gasteiger partial charge in [-0.15, -0.1) is 0 Å². The SMILES string of the molecule is CC(C)CNCC1(CN2CCC(C)(C)CC2)CCCCC1. The second-order valence-electron chi connectivity index (χ2n) is 9.03. The zero-order valence-electron chi connectivity index (χ0n) is 15.0. The van der Waals surface area contributed by atoms with Crippen LogP contribution in [0.25, 0.3) is 0 Å². The first kappa shape index (κ1) is 17.3. The van der Waals surface area contributed by atoms with Gasteiger partial charge in [0.2, 0.25) is 0 Å². The molecule has 1 aliphatic heterocycles. The van der Waals surface area contributed by atoms with Crippen molar-refractivity contribution < 1.29 is 0 Å². The van der Waals surface area contributed by atoms with Gasteiger partial charge in [0.25, 0.3) is 0 Å². The lowest BCUT2D eigenvalue weighted by molar-refractivity contribution is 0.0592. The lowest BCUT2D eigenvalue weighted by Gasteiger charge is -2.45. The van der Waals surface area contributed by atoms with E-state index in [0.717, 1.165) is 5.92 Å². The highest BCUT2D eigenvalue weighted by Crippen LogP contribution is 2.38. The zero-order valence-corrected chi connectivity index (χ0v) is 15.0. The molecule has 1 saturated heterocycles. The first-order valence-electron chi connectivity index (χ1n) is 9.34. The van der Waals surface area contributed by atoms with E-state index in [0.29, 0.717) is 10.8 Å². The Hall–Kier alpha value is -0.0800. The molecule has 2 heteroatoms. The summed E-state index contributed by atoms with van der Waals surface area (Å²) in [5.41, 5.74) is 1.14. The molecule has 0 aromatic rings. The third-order valence-corrected chi connectivity index (χ3v) is 5.74. The van der Waals surface area contributed by atoms with E-state index < -0.39 is 0 Å². The number of hydrogen-bond donors (Lipinski definition) is 1. The minimum Gasteiger partial charge on any atom is -0.316 e. The minimum atomic E-state index is 0.564. The van der Waals surface area contributed by atoms with Crippen molar-refractivity contribution in [2.75, 3.05) is 32.7 Å². The topological polar surface area (TPSA) is 15.3 Å². The predicted molar refractivity (Wildman–Crippen MR) is 92.7 cm³/mol. The fourth-order valence-electron chi connectivity index (χ4n) is 4.11. The summed E-state index contributed by atoms with van der Waals surface area (Å²) in [5.74, 6) is 0.765. The lowest BCUT2D eigenvalue weighted by atomic mass is 9.72. The maximum absolute atomic E-state index is 3.77. The van der Waals surface area contributed by atoms with Crippen molar-refractivity contribution in [1.29, 1.82) is 0 Å². The molecule has 1 heterocycles. The van der Waals surface area contributed by atoms with E-state index in [2.05, 4.69) is 37.9 Å². The van der Waals surface area contributed by atoms with E-state index in [1.54, 1.807) is 0 Å². The summed E-state index contributed by atoms with van der Waals surface area (Å²) in [5, 5.41) is 3.77. The number of rotatable bonds is 6. The molecule has 0 unspecified atom stereocenters. The van der Waals surface area contributed by atoms with Crippen molar-refractivity contribution in [3.8, 4) is 0 Å². The summed E-state index contributed by atoms with van der Waals surface area (Å²) in [6, 6.07) is 0. The standard InChI is InChI=1S/C19H38N2/c1-17(2)14-20-15-19(8-6-5-7-9-19)16-21-12-10-18(3,4)11-13-21/h17,20H,5-16H2,1-4H3. The highest BCUT2D eigenvalue weighted by molar-refractivity contribution is 4.90. The molecule has 0 radical (unpaired) electrons. The minimum absolute atomic E-state index is 0.564. The van der Waals surface area contributed by atoms with E-state index in [-0.39, 0.29) is 0 Å². The molecule has 21 heavy (non-hydrogen) atoms. The molecular formula is C19H38N2. The smallest absolute Gasteiger partial charge is 0.00501 e. The van der Waals surface area contributed by atoms with Crippen molar-refractivity contribution >= 4 is 0 Å². The summed E-state index contributed by atoms with van der Waals surface area (Å²) in [6.45, 7) is 15.9. The van der Waals surface area contributed by atoms with Crippen LogP contribution in [0.4, 0.5) is 0 Å². The van der Waals surface area contributed by atoms with Crippen molar-refractivity contribution in [2.24, 2.45) is 16.7 Å². The Morgan fingerprint density at radius 2 is 1.57 bits per heavy atom. The van der Waals surface area contributed by atoms with Gasteiger partial charge in [0, 0.05) is 13.1 Å². The van der Waals surface area contributed by atoms with Crippen LogP contribution in [0.3, 0.4) is 0 Å². The Bertz CT molecular complexity index is 293. The number of likely N-dealkylation sites (tertiary alicyclic amines) is 1. The van der Waals surface area contributed by atoms with Crippen LogP contribution in [-0.2, 0) is 0 Å². The molecule has 0 aromatic heterocycles. The van der Waals surface area contributed by atoms with Gasteiger partial charge in [-0.1, -0.05) is 47.0 Å². The van der Waals surface area contributed by atoms with Crippen molar-refractivity contribution in [3.05, 3.63) is 0 Å². The zero-order chi connectivity index (χ0) is 15.3. The maximum Gasteiger partial charge on any atom is 0.00501 e. The summed E-state index contributed by atoms with van der Waals surface area (Å²) >= 11 is 0. The molecule has 124 valence electrons. The van der Waals surface area contributed by atoms with E-state index in [4.69, 9.17) is 0 Å². The Labute approximate surface area is 133 Å². The molecule has 0 bridgehead atoms. The molecule has 0 atom stereocenters. The monoisotopic (exact) mass is 294 g/mol. The van der Waals surface area contributed by atoms with Crippen LogP contribution >= 0.6 is 0 Å². The van der Waals surface area contributed by atoms with Crippen molar-refractivity contribution in [2.45, 2.75) is 72.6 Å². The number of nitrogens with one attached hydrogen (secondary N) is 1. The van der Waals surface area contributed by atoms with E-state index in [1.165, 1.54) is 77.7 Å². The Morgan fingerprint density at radius 3 is 2.14 bits per heavy atom. The van der Waals surface area contributed by atoms with Crippen LogP contribution in [0.15, 0.2) is 0 Å². The van der Waals surface area contributed by atoms with Crippen LogP contribution in [-0.4, -0.2) is 37.6 Å². The van der Waals surface area contributed by atoms with Gasteiger partial charge in [-0.3, -0.25) is 0 Å². The molecule has 1 saturated carbocycles. The van der Waals surface area contributed by atoms with Gasteiger partial charge in [-0.2, -0.15) is 0 Å². The second kappa shape index (κ2) is 7.46. The van der Waals surface area contributed by atoms with Gasteiger partial charge in [0.1, 0.15) is 0 Å². The van der Waals surface area contributed by atoms with E-state index >= 15 is 0 Å². The van der Waals surface area contributed by atoms with Crippen LogP contribution in [0, 0.1) is 16.7 Å². The third kappa shape index (κ3) is 5.56. The number of nitrogens with zero attached hydrogens (tertiary/aromatic N) is 1. The largest absolute Gasteiger partial charge is 0.316 e. The van der Waals surface area contributed by atoms with Crippen LogP contribution < -0.4 is 5.32 Å². The summed E-state index contributed by atoms with van der Waals surface area (Å²) in [6.07, 6.45) is 9.99. The highest BCUT2D eigenvalue weighted by Gasteiger charge is 2.35. The van der Waals surface area contributed by atoms with Gasteiger partial charge in [0.05, 0.1) is 0 Å².